The lowest BCUT2D eigenvalue weighted by molar-refractivity contribution is -0.137. The maximum atomic E-state index is 14.8. The fourth-order valence-corrected chi connectivity index (χ4v) is 4.83. The highest BCUT2D eigenvalue weighted by atomic mass is 19.1. The first-order chi connectivity index (χ1) is 19.8. The molecular weight excluding hydrogens is 527 g/mol. The van der Waals surface area contributed by atoms with Gasteiger partial charge in [0.25, 0.3) is 0 Å². The van der Waals surface area contributed by atoms with Gasteiger partial charge in [0.2, 0.25) is 5.95 Å². The SMILES string of the molecule is CCN(CC)c1ncc(N(CC)c2ccccc2F)c(N[C@@H](Cc2ccc(OC(=O)N3CCCC3)cc2)C(=O)O)n1. The second-order valence-electron chi connectivity index (χ2n) is 9.72. The topological polar surface area (TPSA) is 111 Å². The number of benzene rings is 2. The summed E-state index contributed by atoms with van der Waals surface area (Å²) in [4.78, 5) is 39.3. The number of likely N-dealkylation sites (tertiary alicyclic amines) is 1. The smallest absolute Gasteiger partial charge is 0.415 e. The van der Waals surface area contributed by atoms with Crippen LogP contribution in [0.1, 0.15) is 39.2 Å². The third-order valence-electron chi connectivity index (χ3n) is 7.09. The van der Waals surface area contributed by atoms with Crippen LogP contribution in [0, 0.1) is 5.82 Å². The van der Waals surface area contributed by atoms with E-state index in [1.807, 2.05) is 25.7 Å². The van der Waals surface area contributed by atoms with Crippen LogP contribution in [0.25, 0.3) is 0 Å². The molecule has 4 rings (SSSR count). The van der Waals surface area contributed by atoms with E-state index in [1.165, 1.54) is 6.07 Å². The number of anilines is 4. The van der Waals surface area contributed by atoms with Crippen LogP contribution >= 0.6 is 0 Å². The Hall–Kier alpha value is -4.41. The number of para-hydroxylation sites is 1. The van der Waals surface area contributed by atoms with Gasteiger partial charge in [-0.2, -0.15) is 4.98 Å². The molecule has 1 aliphatic rings. The van der Waals surface area contributed by atoms with Gasteiger partial charge in [0.1, 0.15) is 23.3 Å². The Bertz CT molecular complexity index is 1330. The van der Waals surface area contributed by atoms with Gasteiger partial charge in [0.15, 0.2) is 5.82 Å². The number of carbonyl (C=O) groups is 2. The summed E-state index contributed by atoms with van der Waals surface area (Å²) in [6, 6.07) is 12.1. The molecule has 0 unspecified atom stereocenters. The van der Waals surface area contributed by atoms with E-state index >= 15 is 0 Å². The van der Waals surface area contributed by atoms with Gasteiger partial charge in [-0.05, 0) is 63.4 Å². The Morgan fingerprint density at radius 3 is 2.32 bits per heavy atom. The van der Waals surface area contributed by atoms with Crippen molar-refractivity contribution in [2.45, 2.75) is 46.1 Å². The molecule has 0 bridgehead atoms. The Kier molecular flexibility index (Phi) is 9.94. The van der Waals surface area contributed by atoms with E-state index in [0.717, 1.165) is 18.4 Å². The summed E-state index contributed by atoms with van der Waals surface area (Å²) in [5.41, 5.74) is 1.53. The number of hydrogen-bond acceptors (Lipinski definition) is 8. The highest BCUT2D eigenvalue weighted by Crippen LogP contribution is 2.33. The van der Waals surface area contributed by atoms with Crippen molar-refractivity contribution in [1.82, 2.24) is 14.9 Å². The fraction of sp³-hybridized carbons (Fsp3) is 0.400. The lowest BCUT2D eigenvalue weighted by Gasteiger charge is -2.28. The van der Waals surface area contributed by atoms with Crippen LogP contribution in [0.3, 0.4) is 0 Å². The Morgan fingerprint density at radius 2 is 1.71 bits per heavy atom. The molecule has 10 nitrogen and oxygen atoms in total. The molecule has 1 aromatic heterocycles. The lowest BCUT2D eigenvalue weighted by Crippen LogP contribution is -2.34. The predicted octanol–water partition coefficient (Wildman–Crippen LogP) is 5.32. The van der Waals surface area contributed by atoms with E-state index in [-0.39, 0.29) is 18.3 Å². The Labute approximate surface area is 239 Å². The van der Waals surface area contributed by atoms with Crippen molar-refractivity contribution in [3.05, 3.63) is 66.1 Å². The third kappa shape index (κ3) is 7.22. The summed E-state index contributed by atoms with van der Waals surface area (Å²) in [5, 5.41) is 13.2. The molecule has 218 valence electrons. The summed E-state index contributed by atoms with van der Waals surface area (Å²) in [6.45, 7) is 8.95. The van der Waals surface area contributed by atoms with E-state index in [9.17, 15) is 19.1 Å². The molecule has 3 aromatic rings. The molecule has 0 radical (unpaired) electrons. The number of aliphatic carboxylic acids is 1. The van der Waals surface area contributed by atoms with Crippen LogP contribution in [0.5, 0.6) is 5.75 Å². The van der Waals surface area contributed by atoms with Crippen molar-refractivity contribution in [3.63, 3.8) is 0 Å². The van der Waals surface area contributed by atoms with Crippen LogP contribution < -0.4 is 19.9 Å². The molecule has 1 fully saturated rings. The molecule has 2 heterocycles. The molecule has 2 N–H and O–H groups in total. The summed E-state index contributed by atoms with van der Waals surface area (Å²) in [6.07, 6.45) is 3.29. The van der Waals surface area contributed by atoms with Crippen molar-refractivity contribution in [2.75, 3.05) is 47.8 Å². The predicted molar refractivity (Wildman–Crippen MR) is 157 cm³/mol. The van der Waals surface area contributed by atoms with Crippen molar-refractivity contribution in [1.29, 1.82) is 0 Å². The highest BCUT2D eigenvalue weighted by Gasteiger charge is 2.25. The number of carbonyl (C=O) groups excluding carboxylic acids is 1. The molecule has 0 saturated carbocycles. The van der Waals surface area contributed by atoms with Crippen molar-refractivity contribution >= 4 is 35.2 Å². The highest BCUT2D eigenvalue weighted by molar-refractivity contribution is 5.81. The van der Waals surface area contributed by atoms with E-state index in [2.05, 4.69) is 10.3 Å². The molecule has 1 atom stereocenters. The number of aromatic nitrogens is 2. The standard InChI is InChI=1S/C30H37FN6O4/c1-4-35(5-2)29-32-20-26(37(6-3)25-12-8-7-11-23(25)31)27(34-29)33-24(28(38)39)19-21-13-15-22(16-14-21)41-30(40)36-17-9-10-18-36/h7-8,11-16,20,24H,4-6,9-10,17-19H2,1-3H3,(H,38,39)(H,32,33,34)/t24-/m0/s1. The van der Waals surface area contributed by atoms with Gasteiger partial charge in [-0.25, -0.2) is 19.0 Å². The number of rotatable bonds is 12. The molecule has 41 heavy (non-hydrogen) atoms. The first kappa shape index (κ1) is 29.6. The number of carboxylic acid groups (broad SMARTS) is 1. The molecule has 1 amide bonds. The Balaban J connectivity index is 1.60. The first-order valence-electron chi connectivity index (χ1n) is 14.0. The second-order valence-corrected chi connectivity index (χ2v) is 9.72. The zero-order valence-electron chi connectivity index (χ0n) is 23.7. The average Bonchev–Trinajstić information content (AvgIpc) is 3.52. The number of nitrogens with one attached hydrogen (secondary N) is 1. The van der Waals surface area contributed by atoms with E-state index in [1.54, 1.807) is 58.5 Å². The number of nitrogens with zero attached hydrogens (tertiary/aromatic N) is 5. The molecule has 1 saturated heterocycles. The largest absolute Gasteiger partial charge is 0.480 e. The summed E-state index contributed by atoms with van der Waals surface area (Å²) in [7, 11) is 0. The van der Waals surface area contributed by atoms with Crippen molar-refractivity contribution in [3.8, 4) is 5.75 Å². The minimum atomic E-state index is -1.07. The minimum absolute atomic E-state index is 0.131. The molecule has 2 aromatic carbocycles. The normalized spacial score (nSPS) is 13.5. The summed E-state index contributed by atoms with van der Waals surface area (Å²) >= 11 is 0. The Morgan fingerprint density at radius 1 is 1.02 bits per heavy atom. The van der Waals surface area contributed by atoms with Gasteiger partial charge in [0.05, 0.1) is 11.9 Å². The van der Waals surface area contributed by atoms with Gasteiger partial charge in [-0.3, -0.25) is 0 Å². The maximum absolute atomic E-state index is 14.8. The fourth-order valence-electron chi connectivity index (χ4n) is 4.83. The number of carboxylic acids is 1. The summed E-state index contributed by atoms with van der Waals surface area (Å²) < 4.78 is 20.3. The average molecular weight is 565 g/mol. The zero-order valence-corrected chi connectivity index (χ0v) is 23.7. The van der Waals surface area contributed by atoms with Crippen molar-refractivity contribution < 1.29 is 23.8 Å². The van der Waals surface area contributed by atoms with E-state index in [0.29, 0.717) is 55.8 Å². The van der Waals surface area contributed by atoms with Crippen LogP contribution in [0.15, 0.2) is 54.7 Å². The lowest BCUT2D eigenvalue weighted by atomic mass is 10.1. The minimum Gasteiger partial charge on any atom is -0.480 e. The molecule has 0 aliphatic carbocycles. The van der Waals surface area contributed by atoms with Crippen molar-refractivity contribution in [2.24, 2.45) is 0 Å². The number of amides is 1. The van der Waals surface area contributed by atoms with Crippen LogP contribution in [0.4, 0.5) is 32.3 Å². The first-order valence-corrected chi connectivity index (χ1v) is 14.0. The van der Waals surface area contributed by atoms with Crippen LogP contribution in [0.2, 0.25) is 0 Å². The van der Waals surface area contributed by atoms with E-state index in [4.69, 9.17) is 9.72 Å². The van der Waals surface area contributed by atoms with Gasteiger partial charge >= 0.3 is 12.1 Å². The van der Waals surface area contributed by atoms with Gasteiger partial charge in [-0.1, -0.05) is 24.3 Å². The zero-order chi connectivity index (χ0) is 29.4. The van der Waals surface area contributed by atoms with Crippen LogP contribution in [-0.4, -0.2) is 70.8 Å². The molecule has 1 aliphatic heterocycles. The number of hydrogen-bond donors (Lipinski definition) is 2. The second kappa shape index (κ2) is 13.8. The monoisotopic (exact) mass is 564 g/mol. The number of halogens is 1. The van der Waals surface area contributed by atoms with Gasteiger partial charge in [0, 0.05) is 39.1 Å². The molecular formula is C30H37FN6O4. The third-order valence-corrected chi connectivity index (χ3v) is 7.09. The quantitative estimate of drug-likeness (QED) is 0.302. The van der Waals surface area contributed by atoms with Crippen LogP contribution in [-0.2, 0) is 11.2 Å². The molecule has 0 spiro atoms. The number of ether oxygens (including phenoxy) is 1. The van der Waals surface area contributed by atoms with E-state index < -0.39 is 17.8 Å². The maximum Gasteiger partial charge on any atom is 0.415 e. The summed E-state index contributed by atoms with van der Waals surface area (Å²) in [5.74, 6) is -0.350. The van der Waals surface area contributed by atoms with Gasteiger partial charge < -0.3 is 29.9 Å². The molecule has 11 heteroatoms. The van der Waals surface area contributed by atoms with Gasteiger partial charge in [-0.15, -0.1) is 0 Å².